The lowest BCUT2D eigenvalue weighted by Gasteiger charge is -2.61. The third kappa shape index (κ3) is 1.92. The van der Waals surface area contributed by atoms with E-state index in [1.165, 1.54) is 0 Å². The summed E-state index contributed by atoms with van der Waals surface area (Å²) in [6, 6.07) is 0. The Balaban J connectivity index is 1.68. The van der Waals surface area contributed by atoms with E-state index in [1.807, 2.05) is 35.6 Å². The van der Waals surface area contributed by atoms with Gasteiger partial charge in [-0.15, -0.1) is 0 Å². The van der Waals surface area contributed by atoms with E-state index in [1.54, 1.807) is 12.4 Å². The Morgan fingerprint density at radius 1 is 1.00 bits per heavy atom. The molecule has 3 unspecified atom stereocenters. The fourth-order valence-electron chi connectivity index (χ4n) is 4.53. The fraction of sp³-hybridized carbons (Fsp3) is 0.600. The average Bonchev–Trinajstić information content (AvgIpc) is 3.14. The number of hydrogen-bond acceptors (Lipinski definition) is 6. The normalized spacial score (nSPS) is 34.9. The molecule has 6 rings (SSSR count). The highest BCUT2D eigenvalue weighted by Gasteiger charge is 2.58. The van der Waals surface area contributed by atoms with Crippen molar-refractivity contribution in [1.29, 1.82) is 0 Å². The van der Waals surface area contributed by atoms with Crippen LogP contribution in [0.15, 0.2) is 24.8 Å². The van der Waals surface area contributed by atoms with Crippen molar-refractivity contribution in [2.45, 2.75) is 11.4 Å². The summed E-state index contributed by atoms with van der Waals surface area (Å²) in [5, 5.41) is 12.1. The number of hydrogen-bond donors (Lipinski definition) is 1. The van der Waals surface area contributed by atoms with E-state index in [0.29, 0.717) is 11.6 Å². The van der Waals surface area contributed by atoms with Crippen LogP contribution >= 0.6 is 7.92 Å². The minimum absolute atomic E-state index is 0.0440. The van der Waals surface area contributed by atoms with Crippen LogP contribution in [0.25, 0.3) is 0 Å². The highest BCUT2D eigenvalue weighted by Crippen LogP contribution is 2.59. The molecule has 128 valence electrons. The van der Waals surface area contributed by atoms with Crippen LogP contribution in [0.4, 0.5) is 0 Å². The number of aryl methyl sites for hydroxylation is 2. The molecule has 4 aliphatic heterocycles. The van der Waals surface area contributed by atoms with Crippen LogP contribution in [0, 0.1) is 0 Å². The molecule has 4 aliphatic rings. The third-order valence-electron chi connectivity index (χ3n) is 5.32. The lowest BCUT2D eigenvalue weighted by Crippen LogP contribution is -2.70. The van der Waals surface area contributed by atoms with Crippen molar-refractivity contribution in [2.24, 2.45) is 14.1 Å². The van der Waals surface area contributed by atoms with Crippen LogP contribution in [0.1, 0.15) is 11.6 Å². The van der Waals surface area contributed by atoms with Gasteiger partial charge in [0.2, 0.25) is 0 Å². The second-order valence-corrected chi connectivity index (χ2v) is 9.32. The molecule has 8 nitrogen and oxygen atoms in total. The zero-order valence-corrected chi connectivity index (χ0v) is 14.8. The molecule has 0 amide bonds. The molecule has 2 aromatic heterocycles. The standard InChI is InChI=1S/C15H22N7OP/c1-18-5-3-16-12(18)15(23,13-17-4-6-19(13)2)14-22-8-20-7-21(9-22)11-24(14)10-20/h3-6,14,23H,7-11H2,1-2H3. The number of aromatic nitrogens is 4. The Bertz CT molecular complexity index is 703. The van der Waals surface area contributed by atoms with Crippen molar-refractivity contribution in [3.05, 3.63) is 36.4 Å². The first-order chi connectivity index (χ1) is 11.6. The quantitative estimate of drug-likeness (QED) is 0.785. The predicted octanol–water partition coefficient (Wildman–Crippen LogP) is -0.0682. The van der Waals surface area contributed by atoms with Crippen LogP contribution in [0.2, 0.25) is 0 Å². The predicted molar refractivity (Wildman–Crippen MR) is 90.0 cm³/mol. The van der Waals surface area contributed by atoms with Gasteiger partial charge in [-0.3, -0.25) is 14.7 Å². The lowest BCUT2D eigenvalue weighted by atomic mass is 10.00. The Morgan fingerprint density at radius 2 is 1.54 bits per heavy atom. The summed E-state index contributed by atoms with van der Waals surface area (Å²) in [5.74, 6) is 1.41. The van der Waals surface area contributed by atoms with Crippen molar-refractivity contribution in [3.63, 3.8) is 0 Å². The molecule has 0 spiro atoms. The molecular weight excluding hydrogens is 325 g/mol. The Hall–Kier alpha value is -1.31. The van der Waals surface area contributed by atoms with E-state index in [2.05, 4.69) is 24.7 Å². The van der Waals surface area contributed by atoms with Crippen molar-refractivity contribution in [1.82, 2.24) is 33.8 Å². The first-order valence-electron chi connectivity index (χ1n) is 8.18. The topological polar surface area (TPSA) is 65.6 Å². The smallest absolute Gasteiger partial charge is 0.200 e. The van der Waals surface area contributed by atoms with Gasteiger partial charge in [0.05, 0.1) is 25.8 Å². The van der Waals surface area contributed by atoms with Crippen molar-refractivity contribution in [2.75, 3.05) is 32.6 Å². The van der Waals surface area contributed by atoms with E-state index in [4.69, 9.17) is 0 Å². The molecule has 0 radical (unpaired) electrons. The SMILES string of the molecule is Cn1ccnc1C(O)(c1nccn1C)C1N2CN3CN(C2)CP1C3. The maximum absolute atomic E-state index is 12.1. The van der Waals surface area contributed by atoms with Crippen molar-refractivity contribution in [3.8, 4) is 0 Å². The van der Waals surface area contributed by atoms with Crippen LogP contribution in [0.3, 0.4) is 0 Å². The zero-order chi connectivity index (χ0) is 16.5. The molecule has 24 heavy (non-hydrogen) atoms. The summed E-state index contributed by atoms with van der Waals surface area (Å²) in [6.07, 6.45) is 9.49. The van der Waals surface area contributed by atoms with Gasteiger partial charge in [-0.25, -0.2) is 9.97 Å². The van der Waals surface area contributed by atoms with Crippen LogP contribution in [-0.2, 0) is 19.7 Å². The number of nitrogens with zero attached hydrogens (tertiary/aromatic N) is 7. The molecule has 4 saturated heterocycles. The third-order valence-corrected chi connectivity index (χ3v) is 8.23. The van der Waals surface area contributed by atoms with Gasteiger partial charge >= 0.3 is 0 Å². The van der Waals surface area contributed by atoms with Gasteiger partial charge in [-0.05, 0) is 0 Å². The molecule has 0 aromatic carbocycles. The van der Waals surface area contributed by atoms with E-state index >= 15 is 0 Å². The molecule has 9 heteroatoms. The second kappa shape index (κ2) is 5.09. The second-order valence-electron chi connectivity index (χ2n) is 7.09. The minimum atomic E-state index is -1.20. The first kappa shape index (κ1) is 15.0. The average molecular weight is 347 g/mol. The summed E-state index contributed by atoms with van der Waals surface area (Å²) < 4.78 is 3.86. The Kier molecular flexibility index (Phi) is 3.18. The number of aliphatic hydroxyl groups is 1. The monoisotopic (exact) mass is 347 g/mol. The van der Waals surface area contributed by atoms with E-state index in [-0.39, 0.29) is 13.7 Å². The van der Waals surface area contributed by atoms with E-state index in [0.717, 1.165) is 32.6 Å². The molecule has 4 bridgehead atoms. The van der Waals surface area contributed by atoms with Gasteiger partial charge in [0.1, 0.15) is 0 Å². The summed E-state index contributed by atoms with van der Waals surface area (Å²) in [4.78, 5) is 16.4. The van der Waals surface area contributed by atoms with E-state index in [9.17, 15) is 5.11 Å². The summed E-state index contributed by atoms with van der Waals surface area (Å²) in [5.41, 5.74) is -1.20. The van der Waals surface area contributed by atoms with Gasteiger partial charge in [-0.2, -0.15) is 0 Å². The fourth-order valence-corrected chi connectivity index (χ4v) is 7.69. The van der Waals surface area contributed by atoms with E-state index < -0.39 is 5.60 Å². The summed E-state index contributed by atoms with van der Waals surface area (Å²) in [6.45, 7) is 2.89. The number of imidazole rings is 2. The Morgan fingerprint density at radius 3 is 1.96 bits per heavy atom. The minimum Gasteiger partial charge on any atom is -0.373 e. The molecule has 1 N–H and O–H groups in total. The Labute approximate surface area is 142 Å². The molecule has 3 atom stereocenters. The molecule has 4 fully saturated rings. The molecular formula is C15H22N7OP. The molecule has 6 heterocycles. The van der Waals surface area contributed by atoms with Gasteiger partial charge in [0.15, 0.2) is 17.2 Å². The molecule has 0 saturated carbocycles. The van der Waals surface area contributed by atoms with Crippen LogP contribution < -0.4 is 0 Å². The van der Waals surface area contributed by atoms with Crippen molar-refractivity contribution < 1.29 is 5.11 Å². The van der Waals surface area contributed by atoms with Gasteiger partial charge < -0.3 is 14.2 Å². The highest BCUT2D eigenvalue weighted by atomic mass is 31.1. The van der Waals surface area contributed by atoms with Gasteiger partial charge in [0, 0.05) is 51.5 Å². The lowest BCUT2D eigenvalue weighted by molar-refractivity contribution is -0.0988. The zero-order valence-electron chi connectivity index (χ0n) is 13.9. The summed E-state index contributed by atoms with van der Waals surface area (Å²) >= 11 is 0. The van der Waals surface area contributed by atoms with Gasteiger partial charge in [-0.1, -0.05) is 7.92 Å². The summed E-state index contributed by atoms with van der Waals surface area (Å²) in [7, 11) is 3.52. The largest absolute Gasteiger partial charge is 0.373 e. The van der Waals surface area contributed by atoms with Crippen molar-refractivity contribution >= 4 is 7.92 Å². The maximum atomic E-state index is 12.1. The van der Waals surface area contributed by atoms with Crippen LogP contribution in [0.5, 0.6) is 0 Å². The highest BCUT2D eigenvalue weighted by molar-refractivity contribution is 7.58. The molecule has 0 aliphatic carbocycles. The number of rotatable bonds is 3. The molecule has 2 aromatic rings. The van der Waals surface area contributed by atoms with Gasteiger partial charge in [0.25, 0.3) is 0 Å². The maximum Gasteiger partial charge on any atom is 0.200 e. The van der Waals surface area contributed by atoms with Crippen LogP contribution in [-0.4, -0.2) is 77.3 Å². The first-order valence-corrected chi connectivity index (χ1v) is 9.96.